The summed E-state index contributed by atoms with van der Waals surface area (Å²) >= 11 is 0. The van der Waals surface area contributed by atoms with Crippen LogP contribution in [-0.2, 0) is 13.0 Å². The Hall–Kier alpha value is -1.74. The summed E-state index contributed by atoms with van der Waals surface area (Å²) < 4.78 is 13.7. The van der Waals surface area contributed by atoms with Crippen molar-refractivity contribution in [2.24, 2.45) is 0 Å². The standard InChI is InChI=1S/C14H15FN2/c1-16-10-12-2-3-14(15)13(9-12)8-11-4-6-17-7-5-11/h2-7,9,16H,8,10H2,1H3. The molecule has 17 heavy (non-hydrogen) atoms. The summed E-state index contributed by atoms with van der Waals surface area (Å²) in [6.07, 6.45) is 4.06. The van der Waals surface area contributed by atoms with Crippen LogP contribution in [0.25, 0.3) is 0 Å². The summed E-state index contributed by atoms with van der Waals surface area (Å²) in [5.74, 6) is -0.151. The van der Waals surface area contributed by atoms with Gasteiger partial charge in [-0.1, -0.05) is 12.1 Å². The third-order valence-corrected chi connectivity index (χ3v) is 2.63. The molecule has 0 aliphatic carbocycles. The van der Waals surface area contributed by atoms with Crippen molar-refractivity contribution in [1.29, 1.82) is 0 Å². The van der Waals surface area contributed by atoms with Crippen molar-refractivity contribution in [3.8, 4) is 0 Å². The van der Waals surface area contributed by atoms with E-state index in [4.69, 9.17) is 0 Å². The highest BCUT2D eigenvalue weighted by atomic mass is 19.1. The summed E-state index contributed by atoms with van der Waals surface area (Å²) in [7, 11) is 1.88. The van der Waals surface area contributed by atoms with Gasteiger partial charge in [0.15, 0.2) is 0 Å². The molecule has 1 aromatic carbocycles. The van der Waals surface area contributed by atoms with Gasteiger partial charge in [-0.05, 0) is 41.9 Å². The van der Waals surface area contributed by atoms with Crippen molar-refractivity contribution in [1.82, 2.24) is 10.3 Å². The first-order valence-corrected chi connectivity index (χ1v) is 5.60. The van der Waals surface area contributed by atoms with Crippen LogP contribution in [0, 0.1) is 5.82 Å². The minimum atomic E-state index is -0.151. The van der Waals surface area contributed by atoms with E-state index in [1.54, 1.807) is 12.4 Å². The van der Waals surface area contributed by atoms with Gasteiger partial charge in [-0.2, -0.15) is 0 Å². The molecule has 0 fully saturated rings. The largest absolute Gasteiger partial charge is 0.316 e. The van der Waals surface area contributed by atoms with Crippen molar-refractivity contribution in [2.45, 2.75) is 13.0 Å². The quantitative estimate of drug-likeness (QED) is 0.873. The maximum absolute atomic E-state index is 13.7. The van der Waals surface area contributed by atoms with Crippen molar-refractivity contribution >= 4 is 0 Å². The summed E-state index contributed by atoms with van der Waals surface area (Å²) in [6, 6.07) is 9.06. The van der Waals surface area contributed by atoms with Crippen LogP contribution in [0.15, 0.2) is 42.7 Å². The molecule has 0 saturated carbocycles. The van der Waals surface area contributed by atoms with Gasteiger partial charge in [0.1, 0.15) is 5.82 Å². The van der Waals surface area contributed by atoms with Gasteiger partial charge in [-0.15, -0.1) is 0 Å². The highest BCUT2D eigenvalue weighted by molar-refractivity contribution is 5.30. The van der Waals surface area contributed by atoms with Crippen LogP contribution in [0.4, 0.5) is 4.39 Å². The zero-order chi connectivity index (χ0) is 12.1. The lowest BCUT2D eigenvalue weighted by Crippen LogP contribution is -2.06. The summed E-state index contributed by atoms with van der Waals surface area (Å²) in [4.78, 5) is 3.95. The number of halogens is 1. The Balaban J connectivity index is 2.22. The molecular formula is C14H15FN2. The summed E-state index contributed by atoms with van der Waals surface area (Å²) in [5.41, 5.74) is 2.89. The van der Waals surface area contributed by atoms with Gasteiger partial charge in [0, 0.05) is 25.4 Å². The number of hydrogen-bond donors (Lipinski definition) is 1. The minimum Gasteiger partial charge on any atom is -0.316 e. The van der Waals surface area contributed by atoms with Gasteiger partial charge < -0.3 is 5.32 Å². The Morgan fingerprint density at radius 3 is 2.59 bits per heavy atom. The van der Waals surface area contributed by atoms with Crippen LogP contribution >= 0.6 is 0 Å². The highest BCUT2D eigenvalue weighted by Gasteiger charge is 2.04. The molecule has 0 radical (unpaired) electrons. The van der Waals surface area contributed by atoms with Crippen LogP contribution in [0.3, 0.4) is 0 Å². The fourth-order valence-electron chi connectivity index (χ4n) is 1.80. The van der Waals surface area contributed by atoms with E-state index in [0.29, 0.717) is 6.42 Å². The first-order chi connectivity index (χ1) is 8.29. The van der Waals surface area contributed by atoms with Gasteiger partial charge in [-0.25, -0.2) is 4.39 Å². The molecule has 0 aliphatic rings. The van der Waals surface area contributed by atoms with E-state index in [9.17, 15) is 4.39 Å². The Labute approximate surface area is 101 Å². The van der Waals surface area contributed by atoms with Crippen molar-refractivity contribution in [3.63, 3.8) is 0 Å². The van der Waals surface area contributed by atoms with Gasteiger partial charge in [-0.3, -0.25) is 4.98 Å². The second kappa shape index (κ2) is 5.55. The fraction of sp³-hybridized carbons (Fsp3) is 0.214. The van der Waals surface area contributed by atoms with Crippen LogP contribution < -0.4 is 5.32 Å². The van der Waals surface area contributed by atoms with Crippen molar-refractivity contribution < 1.29 is 4.39 Å². The maximum Gasteiger partial charge on any atom is 0.126 e. The number of aromatic nitrogens is 1. The molecule has 0 saturated heterocycles. The zero-order valence-corrected chi connectivity index (χ0v) is 9.78. The SMILES string of the molecule is CNCc1ccc(F)c(Cc2ccncc2)c1. The number of rotatable bonds is 4. The Morgan fingerprint density at radius 1 is 1.12 bits per heavy atom. The number of nitrogens with one attached hydrogen (secondary N) is 1. The molecular weight excluding hydrogens is 215 g/mol. The average molecular weight is 230 g/mol. The molecule has 0 aliphatic heterocycles. The topological polar surface area (TPSA) is 24.9 Å². The number of benzene rings is 1. The Bertz CT molecular complexity index is 483. The van der Waals surface area contributed by atoms with E-state index in [2.05, 4.69) is 10.3 Å². The second-order valence-corrected chi connectivity index (χ2v) is 3.99. The van der Waals surface area contributed by atoms with E-state index in [1.165, 1.54) is 6.07 Å². The van der Waals surface area contributed by atoms with Crippen molar-refractivity contribution in [3.05, 3.63) is 65.2 Å². The normalized spacial score (nSPS) is 10.5. The molecule has 0 spiro atoms. The fourth-order valence-corrected chi connectivity index (χ4v) is 1.80. The molecule has 2 nitrogen and oxygen atoms in total. The molecule has 2 aromatic rings. The van der Waals surface area contributed by atoms with Crippen LogP contribution in [0.5, 0.6) is 0 Å². The first-order valence-electron chi connectivity index (χ1n) is 5.60. The number of hydrogen-bond acceptors (Lipinski definition) is 2. The van der Waals surface area contributed by atoms with Gasteiger partial charge in [0.2, 0.25) is 0 Å². The van der Waals surface area contributed by atoms with Crippen LogP contribution in [0.1, 0.15) is 16.7 Å². The monoisotopic (exact) mass is 230 g/mol. The molecule has 1 heterocycles. The van der Waals surface area contributed by atoms with Gasteiger partial charge in [0.25, 0.3) is 0 Å². The van der Waals surface area contributed by atoms with E-state index in [1.807, 2.05) is 31.3 Å². The third-order valence-electron chi connectivity index (χ3n) is 2.63. The smallest absolute Gasteiger partial charge is 0.126 e. The molecule has 0 bridgehead atoms. The minimum absolute atomic E-state index is 0.151. The molecule has 1 N–H and O–H groups in total. The molecule has 0 amide bonds. The molecule has 1 aromatic heterocycles. The summed E-state index contributed by atoms with van der Waals surface area (Å²) in [5, 5.41) is 3.06. The van der Waals surface area contributed by atoms with E-state index in [-0.39, 0.29) is 5.82 Å². The highest BCUT2D eigenvalue weighted by Crippen LogP contribution is 2.15. The molecule has 0 unspecified atom stereocenters. The molecule has 3 heteroatoms. The molecule has 88 valence electrons. The predicted molar refractivity (Wildman–Crippen MR) is 66.2 cm³/mol. The van der Waals surface area contributed by atoms with E-state index >= 15 is 0 Å². The lowest BCUT2D eigenvalue weighted by molar-refractivity contribution is 0.612. The number of nitrogens with zero attached hydrogens (tertiary/aromatic N) is 1. The molecule has 0 atom stereocenters. The first kappa shape index (κ1) is 11.7. The van der Waals surface area contributed by atoms with Crippen molar-refractivity contribution in [2.75, 3.05) is 7.05 Å². The maximum atomic E-state index is 13.7. The Morgan fingerprint density at radius 2 is 1.88 bits per heavy atom. The Kier molecular flexibility index (Phi) is 3.83. The predicted octanol–water partition coefficient (Wildman–Crippen LogP) is 2.53. The lowest BCUT2D eigenvalue weighted by atomic mass is 10.0. The zero-order valence-electron chi connectivity index (χ0n) is 9.78. The number of pyridine rings is 1. The van der Waals surface area contributed by atoms with E-state index < -0.39 is 0 Å². The van der Waals surface area contributed by atoms with Crippen LogP contribution in [-0.4, -0.2) is 12.0 Å². The van der Waals surface area contributed by atoms with Crippen LogP contribution in [0.2, 0.25) is 0 Å². The summed E-state index contributed by atoms with van der Waals surface area (Å²) in [6.45, 7) is 0.754. The van der Waals surface area contributed by atoms with Gasteiger partial charge in [0.05, 0.1) is 0 Å². The lowest BCUT2D eigenvalue weighted by Gasteiger charge is -2.06. The average Bonchev–Trinajstić information content (AvgIpc) is 2.35. The van der Waals surface area contributed by atoms with E-state index in [0.717, 1.165) is 23.2 Å². The van der Waals surface area contributed by atoms with Gasteiger partial charge >= 0.3 is 0 Å². The second-order valence-electron chi connectivity index (χ2n) is 3.99. The molecule has 2 rings (SSSR count). The third kappa shape index (κ3) is 3.11.